The zero-order valence-electron chi connectivity index (χ0n) is 9.70. The number of piperidine rings is 1. The lowest BCUT2D eigenvalue weighted by atomic mass is 10.1. The van der Waals surface area contributed by atoms with Crippen molar-refractivity contribution in [2.45, 2.75) is 39.2 Å². The Morgan fingerprint density at radius 3 is 2.40 bits per heavy atom. The lowest BCUT2D eigenvalue weighted by Crippen LogP contribution is -2.44. The van der Waals surface area contributed by atoms with Crippen LogP contribution in [0.4, 0.5) is 0 Å². The van der Waals surface area contributed by atoms with E-state index < -0.39 is 10.0 Å². The maximum Gasteiger partial charge on any atom is 0.211 e. The molecule has 90 valence electrons. The second kappa shape index (κ2) is 5.82. The van der Waals surface area contributed by atoms with Gasteiger partial charge in [-0.1, -0.05) is 6.42 Å². The molecule has 0 aromatic heterocycles. The number of rotatable bonds is 5. The second-order valence-corrected chi connectivity index (χ2v) is 6.29. The van der Waals surface area contributed by atoms with Crippen LogP contribution >= 0.6 is 0 Å². The molecule has 1 heterocycles. The zero-order valence-corrected chi connectivity index (χ0v) is 10.5. The second-order valence-electron chi connectivity index (χ2n) is 4.20. The van der Waals surface area contributed by atoms with Crippen molar-refractivity contribution in [3.63, 3.8) is 0 Å². The van der Waals surface area contributed by atoms with Crippen LogP contribution in [0.5, 0.6) is 0 Å². The van der Waals surface area contributed by atoms with Crippen molar-refractivity contribution in [2.75, 3.05) is 25.4 Å². The smallest absolute Gasteiger partial charge is 0.211 e. The van der Waals surface area contributed by atoms with E-state index in [0.717, 1.165) is 13.1 Å². The lowest BCUT2D eigenvalue weighted by Gasteiger charge is -2.32. The molecule has 0 amide bonds. The molecule has 1 unspecified atom stereocenters. The van der Waals surface area contributed by atoms with Gasteiger partial charge in [0.15, 0.2) is 0 Å². The van der Waals surface area contributed by atoms with E-state index in [9.17, 15) is 8.42 Å². The number of sulfonamides is 1. The molecule has 0 aromatic carbocycles. The number of nitrogens with one attached hydrogen (secondary N) is 1. The Hall–Kier alpha value is -0.130. The quantitative estimate of drug-likeness (QED) is 0.765. The molecule has 1 N–H and O–H groups in total. The number of likely N-dealkylation sites (tertiary alicyclic amines) is 1. The first-order valence-electron chi connectivity index (χ1n) is 5.76. The molecule has 4 nitrogen and oxygen atoms in total. The summed E-state index contributed by atoms with van der Waals surface area (Å²) in [6, 6.07) is 0.312. The fourth-order valence-corrected chi connectivity index (χ4v) is 2.54. The van der Waals surface area contributed by atoms with Gasteiger partial charge in [-0.3, -0.25) is 4.90 Å². The molecule has 1 aliphatic heterocycles. The van der Waals surface area contributed by atoms with Crippen molar-refractivity contribution in [3.8, 4) is 0 Å². The van der Waals surface area contributed by atoms with Crippen molar-refractivity contribution in [2.24, 2.45) is 0 Å². The number of hydrogen-bond donors (Lipinski definition) is 1. The van der Waals surface area contributed by atoms with E-state index in [1.165, 1.54) is 19.3 Å². The molecule has 0 spiro atoms. The van der Waals surface area contributed by atoms with Gasteiger partial charge >= 0.3 is 0 Å². The molecular formula is C10H22N2O2S. The Morgan fingerprint density at radius 2 is 1.87 bits per heavy atom. The molecule has 0 saturated carbocycles. The number of hydrogen-bond acceptors (Lipinski definition) is 3. The monoisotopic (exact) mass is 234 g/mol. The van der Waals surface area contributed by atoms with Gasteiger partial charge in [0.25, 0.3) is 0 Å². The summed E-state index contributed by atoms with van der Waals surface area (Å²) < 4.78 is 25.2. The van der Waals surface area contributed by atoms with Crippen LogP contribution in [-0.2, 0) is 10.0 Å². The van der Waals surface area contributed by atoms with E-state index in [1.54, 1.807) is 6.92 Å². The Bertz CT molecular complexity index is 271. The largest absolute Gasteiger partial charge is 0.299 e. The van der Waals surface area contributed by atoms with Crippen molar-refractivity contribution in [1.82, 2.24) is 9.62 Å². The van der Waals surface area contributed by atoms with Crippen LogP contribution < -0.4 is 4.72 Å². The van der Waals surface area contributed by atoms with Gasteiger partial charge < -0.3 is 0 Å². The third-order valence-electron chi connectivity index (χ3n) is 2.99. The minimum absolute atomic E-state index is 0.166. The van der Waals surface area contributed by atoms with Gasteiger partial charge in [0.1, 0.15) is 0 Å². The fraction of sp³-hybridized carbons (Fsp3) is 1.00. The third-order valence-corrected chi connectivity index (χ3v) is 4.36. The van der Waals surface area contributed by atoms with Crippen LogP contribution in [0, 0.1) is 0 Å². The van der Waals surface area contributed by atoms with Crippen LogP contribution in [-0.4, -0.2) is 44.7 Å². The molecule has 0 bridgehead atoms. The first-order chi connectivity index (χ1) is 7.05. The highest BCUT2D eigenvalue weighted by Gasteiger charge is 2.17. The summed E-state index contributed by atoms with van der Waals surface area (Å²) in [5, 5.41) is 0. The van der Waals surface area contributed by atoms with Crippen molar-refractivity contribution < 1.29 is 8.42 Å². The molecule has 0 aliphatic carbocycles. The summed E-state index contributed by atoms with van der Waals surface area (Å²) >= 11 is 0. The molecule has 1 saturated heterocycles. The molecule has 1 atom stereocenters. The topological polar surface area (TPSA) is 49.4 Å². The van der Waals surface area contributed by atoms with E-state index in [1.807, 2.05) is 0 Å². The number of nitrogens with zero attached hydrogens (tertiary/aromatic N) is 1. The van der Waals surface area contributed by atoms with E-state index >= 15 is 0 Å². The molecule has 5 heteroatoms. The van der Waals surface area contributed by atoms with Crippen LogP contribution in [0.3, 0.4) is 0 Å². The van der Waals surface area contributed by atoms with Crippen molar-refractivity contribution in [1.29, 1.82) is 0 Å². The zero-order chi connectivity index (χ0) is 11.3. The normalized spacial score (nSPS) is 21.5. The average Bonchev–Trinajstić information content (AvgIpc) is 2.27. The van der Waals surface area contributed by atoms with Crippen molar-refractivity contribution >= 4 is 10.0 Å². The van der Waals surface area contributed by atoms with Gasteiger partial charge in [-0.2, -0.15) is 0 Å². The van der Waals surface area contributed by atoms with E-state index in [2.05, 4.69) is 16.5 Å². The Labute approximate surface area is 93.1 Å². The minimum Gasteiger partial charge on any atom is -0.299 e. The van der Waals surface area contributed by atoms with E-state index in [0.29, 0.717) is 12.6 Å². The Kier molecular flexibility index (Phi) is 5.02. The van der Waals surface area contributed by atoms with Crippen molar-refractivity contribution in [3.05, 3.63) is 0 Å². The van der Waals surface area contributed by atoms with Gasteiger partial charge in [0.2, 0.25) is 10.0 Å². The Morgan fingerprint density at radius 1 is 1.27 bits per heavy atom. The van der Waals surface area contributed by atoms with Crippen LogP contribution in [0.1, 0.15) is 33.1 Å². The van der Waals surface area contributed by atoms with Gasteiger partial charge in [-0.05, 0) is 39.8 Å². The van der Waals surface area contributed by atoms with Gasteiger partial charge in [-0.15, -0.1) is 0 Å². The fourth-order valence-electron chi connectivity index (χ4n) is 1.84. The van der Waals surface area contributed by atoms with E-state index in [4.69, 9.17) is 0 Å². The highest BCUT2D eigenvalue weighted by atomic mass is 32.2. The molecule has 0 radical (unpaired) electrons. The molecule has 1 aliphatic rings. The maximum absolute atomic E-state index is 11.3. The van der Waals surface area contributed by atoms with Gasteiger partial charge in [-0.25, -0.2) is 13.1 Å². The summed E-state index contributed by atoms with van der Waals surface area (Å²) in [5.41, 5.74) is 0. The van der Waals surface area contributed by atoms with Gasteiger partial charge in [0, 0.05) is 12.6 Å². The minimum atomic E-state index is -3.03. The maximum atomic E-state index is 11.3. The Balaban J connectivity index is 2.31. The summed E-state index contributed by atoms with van der Waals surface area (Å²) in [5.74, 6) is 0.166. The standard InChI is InChI=1S/C10H22N2O2S/c1-3-15(13,14)11-9-10(2)12-7-5-4-6-8-12/h10-11H,3-9H2,1-2H3. The van der Waals surface area contributed by atoms with Crippen LogP contribution in [0.25, 0.3) is 0 Å². The highest BCUT2D eigenvalue weighted by Crippen LogP contribution is 2.11. The SMILES string of the molecule is CCS(=O)(=O)NCC(C)N1CCCCC1. The van der Waals surface area contributed by atoms with Crippen LogP contribution in [0.2, 0.25) is 0 Å². The summed E-state index contributed by atoms with van der Waals surface area (Å²) in [6.45, 7) is 6.50. The lowest BCUT2D eigenvalue weighted by molar-refractivity contribution is 0.175. The molecular weight excluding hydrogens is 212 g/mol. The third kappa shape index (κ3) is 4.49. The molecule has 15 heavy (non-hydrogen) atoms. The molecule has 1 fully saturated rings. The molecule has 1 rings (SSSR count). The summed E-state index contributed by atoms with van der Waals surface area (Å²) in [6.07, 6.45) is 3.79. The summed E-state index contributed by atoms with van der Waals surface area (Å²) in [7, 11) is -3.03. The predicted octanol–water partition coefficient (Wildman–Crippen LogP) is 0.800. The summed E-state index contributed by atoms with van der Waals surface area (Å²) in [4.78, 5) is 2.36. The first-order valence-corrected chi connectivity index (χ1v) is 7.42. The first kappa shape index (κ1) is 12.9. The van der Waals surface area contributed by atoms with E-state index in [-0.39, 0.29) is 5.75 Å². The van der Waals surface area contributed by atoms with Gasteiger partial charge in [0.05, 0.1) is 5.75 Å². The molecule has 0 aromatic rings. The highest BCUT2D eigenvalue weighted by molar-refractivity contribution is 7.89. The average molecular weight is 234 g/mol. The van der Waals surface area contributed by atoms with Crippen LogP contribution in [0.15, 0.2) is 0 Å². The predicted molar refractivity (Wildman–Crippen MR) is 62.3 cm³/mol.